The fourth-order valence-electron chi connectivity index (χ4n) is 0.858. The molecule has 0 aliphatic carbocycles. The maximum atomic E-state index is 11.4. The number of thioether (sulfide) groups is 1. The van der Waals surface area contributed by atoms with Gasteiger partial charge in [-0.2, -0.15) is 0 Å². The van der Waals surface area contributed by atoms with Crippen molar-refractivity contribution in [3.05, 3.63) is 16.3 Å². The zero-order valence-corrected chi connectivity index (χ0v) is 8.63. The summed E-state index contributed by atoms with van der Waals surface area (Å²) in [4.78, 5) is 13.2. The van der Waals surface area contributed by atoms with Crippen LogP contribution < -0.4 is 0 Å². The SMILES string of the molecule is COCC(=O)c1sccc1SC. The van der Waals surface area contributed by atoms with Crippen LogP contribution in [0.3, 0.4) is 0 Å². The third-order valence-corrected chi connectivity index (χ3v) is 3.24. The van der Waals surface area contributed by atoms with Crippen molar-refractivity contribution in [1.29, 1.82) is 0 Å². The summed E-state index contributed by atoms with van der Waals surface area (Å²) in [5.41, 5.74) is 0. The minimum Gasteiger partial charge on any atom is -0.376 e. The topological polar surface area (TPSA) is 26.3 Å². The normalized spacial score (nSPS) is 10.2. The highest BCUT2D eigenvalue weighted by Gasteiger charge is 2.11. The van der Waals surface area contributed by atoms with E-state index < -0.39 is 0 Å². The molecule has 0 fully saturated rings. The fourth-order valence-corrected chi connectivity index (χ4v) is 2.56. The molecule has 0 saturated carbocycles. The number of hydrogen-bond donors (Lipinski definition) is 0. The van der Waals surface area contributed by atoms with Crippen molar-refractivity contribution in [1.82, 2.24) is 0 Å². The summed E-state index contributed by atoms with van der Waals surface area (Å²) in [6, 6.07) is 1.96. The Morgan fingerprint density at radius 2 is 2.50 bits per heavy atom. The molecule has 0 spiro atoms. The summed E-state index contributed by atoms with van der Waals surface area (Å²) >= 11 is 3.06. The maximum Gasteiger partial charge on any atom is 0.199 e. The Kier molecular flexibility index (Phi) is 3.78. The molecule has 1 aromatic heterocycles. The first-order valence-electron chi connectivity index (χ1n) is 3.43. The van der Waals surface area contributed by atoms with Crippen molar-refractivity contribution in [3.63, 3.8) is 0 Å². The largest absolute Gasteiger partial charge is 0.376 e. The van der Waals surface area contributed by atoms with Crippen LogP contribution in [0, 0.1) is 0 Å². The van der Waals surface area contributed by atoms with Crippen LogP contribution in [0.4, 0.5) is 0 Å². The van der Waals surface area contributed by atoms with Gasteiger partial charge in [0.25, 0.3) is 0 Å². The minimum absolute atomic E-state index is 0.0665. The molecule has 0 amide bonds. The van der Waals surface area contributed by atoms with Crippen molar-refractivity contribution in [2.75, 3.05) is 20.0 Å². The highest BCUT2D eigenvalue weighted by Crippen LogP contribution is 2.25. The van der Waals surface area contributed by atoms with Gasteiger partial charge in [0.15, 0.2) is 5.78 Å². The molecule has 0 atom stereocenters. The molecule has 0 saturated heterocycles. The van der Waals surface area contributed by atoms with E-state index in [1.165, 1.54) is 18.4 Å². The number of thiophene rings is 1. The van der Waals surface area contributed by atoms with Crippen molar-refractivity contribution in [2.45, 2.75) is 4.90 Å². The van der Waals surface area contributed by atoms with Gasteiger partial charge < -0.3 is 4.74 Å². The maximum absolute atomic E-state index is 11.4. The Morgan fingerprint density at radius 1 is 1.75 bits per heavy atom. The standard InChI is InChI=1S/C8H10O2S2/c1-10-5-6(9)8-7(11-2)3-4-12-8/h3-4H,5H2,1-2H3. The van der Waals surface area contributed by atoms with Crippen LogP contribution in [0.2, 0.25) is 0 Å². The van der Waals surface area contributed by atoms with E-state index in [1.807, 2.05) is 17.7 Å². The Labute approximate surface area is 79.9 Å². The summed E-state index contributed by atoms with van der Waals surface area (Å²) in [7, 11) is 1.53. The first-order chi connectivity index (χ1) is 5.79. The summed E-state index contributed by atoms with van der Waals surface area (Å²) in [6.45, 7) is 0.175. The predicted molar refractivity (Wildman–Crippen MR) is 52.3 cm³/mol. The molecule has 12 heavy (non-hydrogen) atoms. The smallest absolute Gasteiger partial charge is 0.199 e. The lowest BCUT2D eigenvalue weighted by atomic mass is 10.3. The Balaban J connectivity index is 2.79. The third kappa shape index (κ3) is 2.09. The number of carbonyl (C=O) groups excluding carboxylic acids is 1. The Hall–Kier alpha value is -0.320. The van der Waals surface area contributed by atoms with E-state index in [9.17, 15) is 4.79 Å². The highest BCUT2D eigenvalue weighted by molar-refractivity contribution is 7.98. The van der Waals surface area contributed by atoms with Crippen LogP contribution in [-0.2, 0) is 4.74 Å². The first-order valence-corrected chi connectivity index (χ1v) is 5.53. The van der Waals surface area contributed by atoms with Gasteiger partial charge in [0.05, 0.1) is 4.88 Å². The predicted octanol–water partition coefficient (Wildman–Crippen LogP) is 2.30. The lowest BCUT2D eigenvalue weighted by Crippen LogP contribution is -2.05. The summed E-state index contributed by atoms with van der Waals surface area (Å²) < 4.78 is 4.77. The quantitative estimate of drug-likeness (QED) is 0.553. The Bertz CT molecular complexity index is 268. The third-order valence-electron chi connectivity index (χ3n) is 1.38. The number of Topliss-reactive ketones (excluding diaryl/α,β-unsaturated/α-hetero) is 1. The molecule has 66 valence electrons. The highest BCUT2D eigenvalue weighted by atomic mass is 32.2. The average Bonchev–Trinajstić information content (AvgIpc) is 2.51. The summed E-state index contributed by atoms with van der Waals surface area (Å²) in [5.74, 6) is 0.0665. The number of carbonyl (C=O) groups is 1. The number of methoxy groups -OCH3 is 1. The number of ketones is 1. The Morgan fingerprint density at radius 3 is 3.08 bits per heavy atom. The molecule has 0 aromatic carbocycles. The van der Waals surface area contributed by atoms with E-state index in [4.69, 9.17) is 4.74 Å². The van der Waals surface area contributed by atoms with E-state index in [2.05, 4.69) is 0 Å². The van der Waals surface area contributed by atoms with Gasteiger partial charge in [0.1, 0.15) is 6.61 Å². The molecule has 2 nitrogen and oxygen atoms in total. The lowest BCUT2D eigenvalue weighted by molar-refractivity contribution is 0.0849. The van der Waals surface area contributed by atoms with Gasteiger partial charge >= 0.3 is 0 Å². The average molecular weight is 202 g/mol. The van der Waals surface area contributed by atoms with Crippen LogP contribution in [0.5, 0.6) is 0 Å². The van der Waals surface area contributed by atoms with Crippen LogP contribution in [0.25, 0.3) is 0 Å². The second-order valence-electron chi connectivity index (χ2n) is 2.17. The van der Waals surface area contributed by atoms with E-state index in [0.29, 0.717) is 0 Å². The molecule has 0 bridgehead atoms. The second-order valence-corrected chi connectivity index (χ2v) is 3.94. The molecular weight excluding hydrogens is 192 g/mol. The fraction of sp³-hybridized carbons (Fsp3) is 0.375. The van der Waals surface area contributed by atoms with Gasteiger partial charge in [-0.3, -0.25) is 4.79 Å². The zero-order chi connectivity index (χ0) is 8.97. The molecular formula is C8H10O2S2. The molecule has 0 aliphatic rings. The lowest BCUT2D eigenvalue weighted by Gasteiger charge is -1.98. The molecule has 0 unspecified atom stereocenters. The van der Waals surface area contributed by atoms with Gasteiger partial charge in [0.2, 0.25) is 0 Å². The van der Waals surface area contributed by atoms with Gasteiger partial charge in [-0.1, -0.05) is 0 Å². The molecule has 1 heterocycles. The second kappa shape index (κ2) is 4.64. The molecule has 1 rings (SSSR count). The molecule has 0 radical (unpaired) electrons. The van der Waals surface area contributed by atoms with E-state index >= 15 is 0 Å². The van der Waals surface area contributed by atoms with E-state index in [0.717, 1.165) is 9.77 Å². The molecule has 1 aromatic rings. The van der Waals surface area contributed by atoms with Crippen molar-refractivity contribution >= 4 is 28.9 Å². The van der Waals surface area contributed by atoms with E-state index in [1.54, 1.807) is 11.8 Å². The molecule has 0 aliphatic heterocycles. The van der Waals surface area contributed by atoms with Gasteiger partial charge in [-0.05, 0) is 17.7 Å². The number of ether oxygens (including phenoxy) is 1. The number of rotatable bonds is 4. The van der Waals surface area contributed by atoms with Gasteiger partial charge in [0, 0.05) is 12.0 Å². The molecule has 0 N–H and O–H groups in total. The number of hydrogen-bond acceptors (Lipinski definition) is 4. The van der Waals surface area contributed by atoms with Crippen molar-refractivity contribution in [2.24, 2.45) is 0 Å². The first kappa shape index (κ1) is 9.77. The van der Waals surface area contributed by atoms with Gasteiger partial charge in [-0.15, -0.1) is 23.1 Å². The molecule has 4 heteroatoms. The van der Waals surface area contributed by atoms with Crippen LogP contribution in [0.1, 0.15) is 9.67 Å². The zero-order valence-electron chi connectivity index (χ0n) is 6.99. The monoisotopic (exact) mass is 202 g/mol. The van der Waals surface area contributed by atoms with Crippen molar-refractivity contribution in [3.8, 4) is 0 Å². The van der Waals surface area contributed by atoms with Crippen LogP contribution >= 0.6 is 23.1 Å². The van der Waals surface area contributed by atoms with Crippen LogP contribution in [-0.4, -0.2) is 25.8 Å². The minimum atomic E-state index is 0.0665. The van der Waals surface area contributed by atoms with Crippen LogP contribution in [0.15, 0.2) is 16.3 Å². The van der Waals surface area contributed by atoms with Crippen molar-refractivity contribution < 1.29 is 9.53 Å². The summed E-state index contributed by atoms with van der Waals surface area (Å²) in [5, 5.41) is 1.93. The summed E-state index contributed by atoms with van der Waals surface area (Å²) in [6.07, 6.45) is 1.96. The van der Waals surface area contributed by atoms with E-state index in [-0.39, 0.29) is 12.4 Å². The van der Waals surface area contributed by atoms with Gasteiger partial charge in [-0.25, -0.2) is 0 Å².